The van der Waals surface area contributed by atoms with Gasteiger partial charge in [-0.1, -0.05) is 0 Å². The topological polar surface area (TPSA) is 40.1 Å². The summed E-state index contributed by atoms with van der Waals surface area (Å²) in [5.41, 5.74) is 5.31. The summed E-state index contributed by atoms with van der Waals surface area (Å²) in [5, 5.41) is 3.94. The van der Waals surface area contributed by atoms with Crippen LogP contribution in [0.15, 0.2) is 0 Å². The molecule has 0 aromatic rings. The second-order valence-electron chi connectivity index (χ2n) is 2.10. The molecular formula is C5H10FN2. The highest BCUT2D eigenvalue weighted by atomic mass is 19.1. The van der Waals surface area contributed by atoms with Crippen LogP contribution in [0.2, 0.25) is 0 Å². The van der Waals surface area contributed by atoms with E-state index < -0.39 is 6.17 Å². The number of halogens is 1. The van der Waals surface area contributed by atoms with Crippen LogP contribution in [0.1, 0.15) is 6.42 Å². The van der Waals surface area contributed by atoms with Crippen molar-refractivity contribution < 1.29 is 4.39 Å². The van der Waals surface area contributed by atoms with Crippen LogP contribution in [-0.2, 0) is 0 Å². The molecule has 1 aliphatic rings. The molecule has 2 N–H and O–H groups in total. The molecule has 0 amide bonds. The Morgan fingerprint density at radius 1 is 1.62 bits per heavy atom. The molecule has 1 rings (SSSR count). The highest BCUT2D eigenvalue weighted by Crippen LogP contribution is 2.05. The Balaban J connectivity index is 2.28. The van der Waals surface area contributed by atoms with Crippen LogP contribution in [0.5, 0.6) is 0 Å². The van der Waals surface area contributed by atoms with Crippen molar-refractivity contribution in [2.75, 3.05) is 13.1 Å². The van der Waals surface area contributed by atoms with E-state index in [2.05, 4.69) is 5.32 Å². The van der Waals surface area contributed by atoms with Gasteiger partial charge in [0.15, 0.2) is 0 Å². The highest BCUT2D eigenvalue weighted by Gasteiger charge is 2.20. The van der Waals surface area contributed by atoms with Crippen LogP contribution in [0.3, 0.4) is 0 Å². The zero-order valence-corrected chi connectivity index (χ0v) is 4.68. The van der Waals surface area contributed by atoms with Gasteiger partial charge in [-0.15, -0.1) is 0 Å². The van der Waals surface area contributed by atoms with Crippen LogP contribution in [-0.4, -0.2) is 25.3 Å². The van der Waals surface area contributed by atoms with Crippen LogP contribution >= 0.6 is 0 Å². The molecule has 0 spiro atoms. The molecule has 1 radical (unpaired) electrons. The second-order valence-corrected chi connectivity index (χ2v) is 2.10. The fourth-order valence-corrected chi connectivity index (χ4v) is 0.783. The van der Waals surface area contributed by atoms with Crippen molar-refractivity contribution in [3.63, 3.8) is 0 Å². The average molecular weight is 117 g/mol. The van der Waals surface area contributed by atoms with Gasteiger partial charge in [0, 0.05) is 19.1 Å². The van der Waals surface area contributed by atoms with Crippen LogP contribution < -0.4 is 11.1 Å². The first-order valence-electron chi connectivity index (χ1n) is 2.83. The largest absolute Gasteiger partial charge is 0.324 e. The summed E-state index contributed by atoms with van der Waals surface area (Å²) in [4.78, 5) is 0. The average Bonchev–Trinajstić information content (AvgIpc) is 1.77. The Morgan fingerprint density at radius 3 is 2.75 bits per heavy atom. The third-order valence-corrected chi connectivity index (χ3v) is 1.37. The van der Waals surface area contributed by atoms with E-state index in [9.17, 15) is 4.39 Å². The van der Waals surface area contributed by atoms with Gasteiger partial charge in [0.05, 0.1) is 0 Å². The molecule has 1 saturated heterocycles. The molecule has 1 aliphatic heterocycles. The Labute approximate surface area is 48.2 Å². The summed E-state index contributed by atoms with van der Waals surface area (Å²) in [6.07, 6.45) is -0.297. The molecule has 0 aliphatic carbocycles. The van der Waals surface area contributed by atoms with Gasteiger partial charge in [0.25, 0.3) is 0 Å². The molecular weight excluding hydrogens is 107 g/mol. The van der Waals surface area contributed by atoms with E-state index in [-0.39, 0.29) is 6.04 Å². The molecule has 1 heterocycles. The number of piperidine rings is 1. The molecule has 3 heteroatoms. The van der Waals surface area contributed by atoms with Gasteiger partial charge in [-0.05, 0) is 6.42 Å². The first-order chi connectivity index (χ1) is 3.80. The molecule has 0 aromatic carbocycles. The third kappa shape index (κ3) is 1.17. The summed E-state index contributed by atoms with van der Waals surface area (Å²) in [6.45, 7) is 1.15. The summed E-state index contributed by atoms with van der Waals surface area (Å²) in [5.74, 6) is 0. The summed E-state index contributed by atoms with van der Waals surface area (Å²) < 4.78 is 12.4. The first-order valence-corrected chi connectivity index (χ1v) is 2.83. The zero-order valence-electron chi connectivity index (χ0n) is 4.68. The van der Waals surface area contributed by atoms with E-state index in [1.54, 1.807) is 0 Å². The van der Waals surface area contributed by atoms with Crippen molar-refractivity contribution in [2.24, 2.45) is 5.73 Å². The lowest BCUT2D eigenvalue weighted by molar-refractivity contribution is 0.227. The van der Waals surface area contributed by atoms with Gasteiger partial charge in [-0.25, -0.2) is 9.71 Å². The quantitative estimate of drug-likeness (QED) is 0.463. The summed E-state index contributed by atoms with van der Waals surface area (Å²) in [6, 6.07) is -0.330. The first kappa shape index (κ1) is 5.98. The van der Waals surface area contributed by atoms with E-state index in [1.165, 1.54) is 0 Å². The SMILES string of the molecule is NC1C[N]CCC1F. The smallest absolute Gasteiger partial charge is 0.118 e. The lowest BCUT2D eigenvalue weighted by atomic mass is 10.1. The number of nitrogens with zero attached hydrogens (tertiary/aromatic N) is 1. The lowest BCUT2D eigenvalue weighted by Gasteiger charge is -2.21. The summed E-state index contributed by atoms with van der Waals surface area (Å²) in [7, 11) is 0. The molecule has 2 unspecified atom stereocenters. The molecule has 0 bridgehead atoms. The van der Waals surface area contributed by atoms with Gasteiger partial charge in [-0.2, -0.15) is 0 Å². The van der Waals surface area contributed by atoms with Crippen LogP contribution in [0.4, 0.5) is 4.39 Å². The molecule has 0 saturated carbocycles. The molecule has 47 valence electrons. The van der Waals surface area contributed by atoms with Crippen molar-refractivity contribution in [1.82, 2.24) is 5.32 Å². The van der Waals surface area contributed by atoms with Gasteiger partial charge in [-0.3, -0.25) is 0 Å². The molecule has 2 atom stereocenters. The van der Waals surface area contributed by atoms with Crippen LogP contribution in [0, 0.1) is 0 Å². The van der Waals surface area contributed by atoms with E-state index in [1.807, 2.05) is 0 Å². The van der Waals surface area contributed by atoms with Gasteiger partial charge >= 0.3 is 0 Å². The minimum Gasteiger partial charge on any atom is -0.324 e. The minimum absolute atomic E-state index is 0.330. The predicted molar refractivity (Wildman–Crippen MR) is 29.4 cm³/mol. The Bertz CT molecular complexity index is 66.8. The fourth-order valence-electron chi connectivity index (χ4n) is 0.783. The molecule has 0 aromatic heterocycles. The Morgan fingerprint density at radius 2 is 2.38 bits per heavy atom. The van der Waals surface area contributed by atoms with Crippen LogP contribution in [0.25, 0.3) is 0 Å². The molecule has 8 heavy (non-hydrogen) atoms. The van der Waals surface area contributed by atoms with Gasteiger partial charge in [0.2, 0.25) is 0 Å². The number of hydrogen-bond donors (Lipinski definition) is 1. The maximum atomic E-state index is 12.4. The Kier molecular flexibility index (Phi) is 1.81. The maximum Gasteiger partial charge on any atom is 0.118 e. The standard InChI is InChI=1S/C5H10FN2/c6-4-1-2-8-3-5(4)7/h4-5H,1-3,7H2. The number of nitrogens with two attached hydrogens (primary N) is 1. The van der Waals surface area contributed by atoms with E-state index in [4.69, 9.17) is 5.73 Å². The molecule has 1 fully saturated rings. The van der Waals surface area contributed by atoms with E-state index in [0.29, 0.717) is 19.5 Å². The van der Waals surface area contributed by atoms with Crippen molar-refractivity contribution in [1.29, 1.82) is 0 Å². The van der Waals surface area contributed by atoms with Crippen molar-refractivity contribution in [2.45, 2.75) is 18.6 Å². The highest BCUT2D eigenvalue weighted by molar-refractivity contribution is 4.79. The zero-order chi connectivity index (χ0) is 5.98. The van der Waals surface area contributed by atoms with Crippen molar-refractivity contribution in [3.05, 3.63) is 0 Å². The fraction of sp³-hybridized carbons (Fsp3) is 1.00. The number of alkyl halides is 1. The van der Waals surface area contributed by atoms with Gasteiger partial charge in [0.1, 0.15) is 6.17 Å². The summed E-state index contributed by atoms with van der Waals surface area (Å²) >= 11 is 0. The number of hydrogen-bond acceptors (Lipinski definition) is 1. The predicted octanol–water partition coefficient (Wildman–Crippen LogP) is -0.340. The van der Waals surface area contributed by atoms with Gasteiger partial charge < -0.3 is 5.73 Å². The van der Waals surface area contributed by atoms with E-state index >= 15 is 0 Å². The second kappa shape index (κ2) is 2.42. The lowest BCUT2D eigenvalue weighted by Crippen LogP contribution is -2.44. The monoisotopic (exact) mass is 117 g/mol. The van der Waals surface area contributed by atoms with Crippen molar-refractivity contribution >= 4 is 0 Å². The maximum absolute atomic E-state index is 12.4. The normalized spacial score (nSPS) is 39.8. The Hall–Kier alpha value is -0.150. The van der Waals surface area contributed by atoms with Crippen molar-refractivity contribution in [3.8, 4) is 0 Å². The third-order valence-electron chi connectivity index (χ3n) is 1.37. The molecule has 2 nitrogen and oxygen atoms in total. The number of rotatable bonds is 0. The van der Waals surface area contributed by atoms with E-state index in [0.717, 1.165) is 0 Å². The minimum atomic E-state index is -0.813.